The molecule has 1 N–H and O–H groups in total. The monoisotopic (exact) mass is 156 g/mol. The van der Waals surface area contributed by atoms with Gasteiger partial charge in [-0.15, -0.1) is 0 Å². The van der Waals surface area contributed by atoms with Crippen molar-refractivity contribution in [1.29, 1.82) is 0 Å². The molecule has 0 bridgehead atoms. The van der Waals surface area contributed by atoms with Gasteiger partial charge in [0.15, 0.2) is 5.78 Å². The van der Waals surface area contributed by atoms with Crippen LogP contribution in [0.5, 0.6) is 0 Å². The first-order valence-electron chi connectivity index (χ1n) is 4.07. The van der Waals surface area contributed by atoms with E-state index in [1.54, 1.807) is 0 Å². The second-order valence-electron chi connectivity index (χ2n) is 3.54. The van der Waals surface area contributed by atoms with Gasteiger partial charge in [-0.05, 0) is 7.05 Å². The number of hydrogen-bond acceptors (Lipinski definition) is 3. The first-order chi connectivity index (χ1) is 5.09. The van der Waals surface area contributed by atoms with E-state index in [0.29, 0.717) is 18.4 Å². The molecule has 1 aliphatic rings. The van der Waals surface area contributed by atoms with E-state index < -0.39 is 0 Å². The third kappa shape index (κ3) is 2.27. The van der Waals surface area contributed by atoms with Crippen LogP contribution in [0.1, 0.15) is 13.8 Å². The first-order valence-corrected chi connectivity index (χ1v) is 4.07. The Balaban J connectivity index is 2.41. The van der Waals surface area contributed by atoms with Crippen LogP contribution in [0.4, 0.5) is 0 Å². The predicted molar refractivity (Wildman–Crippen MR) is 44.6 cm³/mol. The van der Waals surface area contributed by atoms with E-state index in [1.807, 2.05) is 11.9 Å². The van der Waals surface area contributed by atoms with E-state index in [2.05, 4.69) is 19.2 Å². The number of likely N-dealkylation sites (N-methyl/N-ethyl adjacent to an activating group) is 1. The number of carbonyl (C=O) groups is 1. The molecule has 0 aromatic rings. The topological polar surface area (TPSA) is 32.3 Å². The fourth-order valence-electron chi connectivity index (χ4n) is 1.40. The number of rotatable bonds is 2. The molecule has 1 aliphatic heterocycles. The minimum absolute atomic E-state index is 0.0694. The third-order valence-corrected chi connectivity index (χ3v) is 1.84. The van der Waals surface area contributed by atoms with Crippen molar-refractivity contribution in [1.82, 2.24) is 10.2 Å². The second-order valence-corrected chi connectivity index (χ2v) is 3.54. The lowest BCUT2D eigenvalue weighted by Crippen LogP contribution is -2.40. The highest BCUT2D eigenvalue weighted by atomic mass is 16.1. The molecule has 1 atom stereocenters. The number of likely N-dealkylation sites (tertiary alicyclic amines) is 1. The molecule has 0 spiro atoms. The summed E-state index contributed by atoms with van der Waals surface area (Å²) in [5.41, 5.74) is 0. The molecule has 1 heterocycles. The quantitative estimate of drug-likeness (QED) is 0.604. The Morgan fingerprint density at radius 2 is 2.27 bits per heavy atom. The van der Waals surface area contributed by atoms with E-state index in [1.165, 1.54) is 0 Å². The van der Waals surface area contributed by atoms with Gasteiger partial charge in [-0.2, -0.15) is 0 Å². The average Bonchev–Trinajstić information content (AvgIpc) is 2.09. The molecule has 3 heteroatoms. The summed E-state index contributed by atoms with van der Waals surface area (Å²) in [5.74, 6) is 0.321. The van der Waals surface area contributed by atoms with Crippen molar-refractivity contribution in [3.63, 3.8) is 0 Å². The molecule has 0 radical (unpaired) electrons. The van der Waals surface area contributed by atoms with Gasteiger partial charge in [0.05, 0.1) is 12.6 Å². The van der Waals surface area contributed by atoms with Gasteiger partial charge in [-0.3, -0.25) is 9.69 Å². The molecule has 0 unspecified atom stereocenters. The molecule has 64 valence electrons. The molecule has 0 saturated carbocycles. The Kier molecular flexibility index (Phi) is 2.62. The minimum atomic E-state index is 0.0694. The van der Waals surface area contributed by atoms with Crippen molar-refractivity contribution >= 4 is 5.78 Å². The van der Waals surface area contributed by atoms with Gasteiger partial charge in [-0.1, -0.05) is 13.8 Å². The van der Waals surface area contributed by atoms with E-state index in [4.69, 9.17) is 0 Å². The lowest BCUT2D eigenvalue weighted by Gasteiger charge is -2.13. The molecule has 3 nitrogen and oxygen atoms in total. The highest BCUT2D eigenvalue weighted by Crippen LogP contribution is 2.02. The Bertz CT molecular complexity index is 156. The van der Waals surface area contributed by atoms with Crippen molar-refractivity contribution in [3.05, 3.63) is 0 Å². The van der Waals surface area contributed by atoms with Crippen LogP contribution in [0.3, 0.4) is 0 Å². The van der Waals surface area contributed by atoms with Gasteiger partial charge in [0.2, 0.25) is 0 Å². The molecule has 0 amide bonds. The average molecular weight is 156 g/mol. The van der Waals surface area contributed by atoms with E-state index in [0.717, 1.165) is 6.54 Å². The molecule has 0 aliphatic carbocycles. The van der Waals surface area contributed by atoms with Gasteiger partial charge in [0, 0.05) is 12.6 Å². The Hall–Kier alpha value is -0.410. The molecular weight excluding hydrogens is 140 g/mol. The summed E-state index contributed by atoms with van der Waals surface area (Å²) in [6.45, 7) is 5.58. The lowest BCUT2D eigenvalue weighted by atomic mass is 10.2. The summed E-state index contributed by atoms with van der Waals surface area (Å²) in [7, 11) is 1.97. The van der Waals surface area contributed by atoms with Crippen molar-refractivity contribution in [2.45, 2.75) is 25.9 Å². The van der Waals surface area contributed by atoms with Crippen molar-refractivity contribution in [2.75, 3.05) is 20.1 Å². The molecule has 1 fully saturated rings. The van der Waals surface area contributed by atoms with Crippen LogP contribution < -0.4 is 5.32 Å². The predicted octanol–water partition coefficient (Wildman–Crippen LogP) is -0.133. The summed E-state index contributed by atoms with van der Waals surface area (Å²) < 4.78 is 0. The molecule has 1 saturated heterocycles. The maximum atomic E-state index is 11.2. The second kappa shape index (κ2) is 3.32. The highest BCUT2D eigenvalue weighted by molar-refractivity contribution is 5.88. The number of ketones is 1. The smallest absolute Gasteiger partial charge is 0.164 e. The number of hydrogen-bond donors (Lipinski definition) is 1. The largest absolute Gasteiger partial charge is 0.304 e. The van der Waals surface area contributed by atoms with Gasteiger partial charge in [0.1, 0.15) is 0 Å². The van der Waals surface area contributed by atoms with Crippen LogP contribution in [0.15, 0.2) is 0 Å². The standard InChI is InChI=1S/C8H16N2O/c1-6(2)9-7-4-10(3)5-8(7)11/h6-7,9H,4-5H2,1-3H3/t7-/m0/s1. The van der Waals surface area contributed by atoms with E-state index in [-0.39, 0.29) is 6.04 Å². The van der Waals surface area contributed by atoms with Crippen LogP contribution in [-0.4, -0.2) is 42.9 Å². The normalized spacial score (nSPS) is 26.9. The number of carbonyl (C=O) groups excluding carboxylic acids is 1. The van der Waals surface area contributed by atoms with Crippen LogP contribution in [-0.2, 0) is 4.79 Å². The maximum Gasteiger partial charge on any atom is 0.164 e. The van der Waals surface area contributed by atoms with Crippen molar-refractivity contribution in [3.8, 4) is 0 Å². The van der Waals surface area contributed by atoms with E-state index >= 15 is 0 Å². The fourth-order valence-corrected chi connectivity index (χ4v) is 1.40. The molecule has 11 heavy (non-hydrogen) atoms. The summed E-state index contributed by atoms with van der Waals surface area (Å²) in [5, 5.41) is 3.23. The maximum absolute atomic E-state index is 11.2. The first kappa shape index (κ1) is 8.68. The molecule has 0 aromatic heterocycles. The minimum Gasteiger partial charge on any atom is -0.304 e. The highest BCUT2D eigenvalue weighted by Gasteiger charge is 2.28. The zero-order valence-electron chi connectivity index (χ0n) is 7.42. The van der Waals surface area contributed by atoms with Crippen LogP contribution in [0.25, 0.3) is 0 Å². The number of nitrogens with one attached hydrogen (secondary N) is 1. The van der Waals surface area contributed by atoms with Gasteiger partial charge < -0.3 is 5.32 Å². The van der Waals surface area contributed by atoms with Gasteiger partial charge in [-0.25, -0.2) is 0 Å². The number of Topliss-reactive ketones (excluding diaryl/α,β-unsaturated/α-hetero) is 1. The number of nitrogens with zero attached hydrogens (tertiary/aromatic N) is 1. The van der Waals surface area contributed by atoms with E-state index in [9.17, 15) is 4.79 Å². The Labute approximate surface area is 67.8 Å². The van der Waals surface area contributed by atoms with Crippen LogP contribution >= 0.6 is 0 Å². The summed E-state index contributed by atoms with van der Waals surface area (Å²) in [4.78, 5) is 13.3. The molecule has 0 aromatic carbocycles. The third-order valence-electron chi connectivity index (χ3n) is 1.84. The lowest BCUT2D eigenvalue weighted by molar-refractivity contribution is -0.118. The molecular formula is C8H16N2O. The summed E-state index contributed by atoms with van der Waals surface area (Å²) in [6, 6.07) is 0.468. The van der Waals surface area contributed by atoms with Crippen molar-refractivity contribution in [2.24, 2.45) is 0 Å². The molecule has 1 rings (SSSR count). The summed E-state index contributed by atoms with van der Waals surface area (Å²) >= 11 is 0. The zero-order valence-corrected chi connectivity index (χ0v) is 7.42. The Morgan fingerprint density at radius 1 is 1.64 bits per heavy atom. The van der Waals surface area contributed by atoms with Crippen LogP contribution in [0, 0.1) is 0 Å². The fraction of sp³-hybridized carbons (Fsp3) is 0.875. The Morgan fingerprint density at radius 3 is 2.64 bits per heavy atom. The zero-order chi connectivity index (χ0) is 8.43. The van der Waals surface area contributed by atoms with Crippen molar-refractivity contribution < 1.29 is 4.79 Å². The van der Waals surface area contributed by atoms with Gasteiger partial charge >= 0.3 is 0 Å². The van der Waals surface area contributed by atoms with Crippen LogP contribution in [0.2, 0.25) is 0 Å². The summed E-state index contributed by atoms with van der Waals surface area (Å²) in [6.07, 6.45) is 0. The van der Waals surface area contributed by atoms with Gasteiger partial charge in [0.25, 0.3) is 0 Å². The SMILES string of the molecule is CC(C)N[C@H]1CN(C)CC1=O.